The summed E-state index contributed by atoms with van der Waals surface area (Å²) in [4.78, 5) is 25.9. The highest BCUT2D eigenvalue weighted by Crippen LogP contribution is 2.20. The second kappa shape index (κ2) is 8.25. The van der Waals surface area contributed by atoms with Crippen molar-refractivity contribution in [1.82, 2.24) is 10.2 Å². The number of amides is 2. The molecule has 0 radical (unpaired) electrons. The average Bonchev–Trinajstić information content (AvgIpc) is 2.45. The zero-order chi connectivity index (χ0) is 15.1. The molecule has 0 aliphatic carbocycles. The molecule has 1 aliphatic rings. The molecule has 2 amide bonds. The first-order valence-corrected chi connectivity index (χ1v) is 7.67. The number of nitrogens with two attached hydrogens (primary N) is 1. The Morgan fingerprint density at radius 1 is 1.40 bits per heavy atom. The second-order valence-corrected chi connectivity index (χ2v) is 6.23. The molecule has 3 N–H and O–H groups in total. The van der Waals surface area contributed by atoms with E-state index in [1.165, 1.54) is 0 Å². The SMILES string of the molecule is CNC(=O)C1CCCN(C(=O)C[C@@H](CN)CC(C)C)C1. The van der Waals surface area contributed by atoms with E-state index in [-0.39, 0.29) is 23.7 Å². The lowest BCUT2D eigenvalue weighted by Gasteiger charge is -2.33. The van der Waals surface area contributed by atoms with E-state index in [9.17, 15) is 9.59 Å². The highest BCUT2D eigenvalue weighted by molar-refractivity contribution is 5.81. The first-order valence-electron chi connectivity index (χ1n) is 7.67. The third kappa shape index (κ3) is 5.12. The van der Waals surface area contributed by atoms with Gasteiger partial charge in [0.25, 0.3) is 0 Å². The molecule has 0 bridgehead atoms. The Balaban J connectivity index is 2.51. The van der Waals surface area contributed by atoms with E-state index in [0.717, 1.165) is 25.8 Å². The number of rotatable bonds is 6. The largest absolute Gasteiger partial charge is 0.359 e. The van der Waals surface area contributed by atoms with Gasteiger partial charge < -0.3 is 16.0 Å². The summed E-state index contributed by atoms with van der Waals surface area (Å²) in [5.41, 5.74) is 5.76. The van der Waals surface area contributed by atoms with Gasteiger partial charge in [-0.05, 0) is 37.6 Å². The lowest BCUT2D eigenvalue weighted by atomic mass is 9.92. The maximum atomic E-state index is 12.3. The van der Waals surface area contributed by atoms with Crippen molar-refractivity contribution in [2.45, 2.75) is 39.5 Å². The van der Waals surface area contributed by atoms with Crippen molar-refractivity contribution >= 4 is 11.8 Å². The Kier molecular flexibility index (Phi) is 6.99. The third-order valence-electron chi connectivity index (χ3n) is 3.99. The standard InChI is InChI=1S/C15H29N3O2/c1-11(2)7-12(9-16)8-14(19)18-6-4-5-13(10-18)15(20)17-3/h11-13H,4-10,16H2,1-3H3,(H,17,20)/t12-,13?/m0/s1. The Morgan fingerprint density at radius 3 is 2.65 bits per heavy atom. The molecule has 116 valence electrons. The minimum absolute atomic E-state index is 0.0417. The quantitative estimate of drug-likeness (QED) is 0.763. The van der Waals surface area contributed by atoms with Crippen LogP contribution in [0.25, 0.3) is 0 Å². The average molecular weight is 283 g/mol. The fourth-order valence-electron chi connectivity index (χ4n) is 2.93. The molecule has 2 atom stereocenters. The second-order valence-electron chi connectivity index (χ2n) is 6.23. The predicted molar refractivity (Wildman–Crippen MR) is 80.0 cm³/mol. The van der Waals surface area contributed by atoms with Gasteiger partial charge in [-0.25, -0.2) is 0 Å². The van der Waals surface area contributed by atoms with E-state index in [4.69, 9.17) is 5.73 Å². The van der Waals surface area contributed by atoms with Gasteiger partial charge in [0, 0.05) is 26.6 Å². The van der Waals surface area contributed by atoms with E-state index in [2.05, 4.69) is 19.2 Å². The van der Waals surface area contributed by atoms with Crippen LogP contribution in [0.5, 0.6) is 0 Å². The van der Waals surface area contributed by atoms with Gasteiger partial charge in [-0.3, -0.25) is 9.59 Å². The molecule has 5 nitrogen and oxygen atoms in total. The van der Waals surface area contributed by atoms with Gasteiger partial charge >= 0.3 is 0 Å². The number of hydrogen-bond donors (Lipinski definition) is 2. The molecule has 5 heteroatoms. The van der Waals surface area contributed by atoms with Crippen LogP contribution in [0, 0.1) is 17.8 Å². The first-order chi connectivity index (χ1) is 9.47. The van der Waals surface area contributed by atoms with Crippen molar-refractivity contribution in [2.75, 3.05) is 26.7 Å². The van der Waals surface area contributed by atoms with Gasteiger partial charge in [0.05, 0.1) is 5.92 Å². The van der Waals surface area contributed by atoms with Crippen LogP contribution in [0.2, 0.25) is 0 Å². The van der Waals surface area contributed by atoms with Crippen molar-refractivity contribution in [2.24, 2.45) is 23.5 Å². The van der Waals surface area contributed by atoms with Crippen molar-refractivity contribution < 1.29 is 9.59 Å². The van der Waals surface area contributed by atoms with Crippen molar-refractivity contribution in [1.29, 1.82) is 0 Å². The topological polar surface area (TPSA) is 75.4 Å². The minimum atomic E-state index is -0.0564. The van der Waals surface area contributed by atoms with Crippen LogP contribution >= 0.6 is 0 Å². The molecule has 0 aromatic heterocycles. The summed E-state index contributed by atoms with van der Waals surface area (Å²) in [6.45, 7) is 6.17. The number of likely N-dealkylation sites (tertiary alicyclic amines) is 1. The first kappa shape index (κ1) is 17.0. The number of piperidine rings is 1. The van der Waals surface area contributed by atoms with E-state index < -0.39 is 0 Å². The van der Waals surface area contributed by atoms with E-state index in [0.29, 0.717) is 25.4 Å². The number of nitrogens with zero attached hydrogens (tertiary/aromatic N) is 1. The summed E-state index contributed by atoms with van der Waals surface area (Å²) < 4.78 is 0. The third-order valence-corrected chi connectivity index (χ3v) is 3.99. The van der Waals surface area contributed by atoms with Crippen LogP contribution in [0.4, 0.5) is 0 Å². The van der Waals surface area contributed by atoms with E-state index in [1.807, 2.05) is 4.90 Å². The number of nitrogens with one attached hydrogen (secondary N) is 1. The smallest absolute Gasteiger partial charge is 0.224 e. The van der Waals surface area contributed by atoms with Crippen LogP contribution in [0.1, 0.15) is 39.5 Å². The van der Waals surface area contributed by atoms with Gasteiger partial charge in [-0.15, -0.1) is 0 Å². The Labute approximate surface area is 122 Å². The molecule has 1 fully saturated rings. The van der Waals surface area contributed by atoms with E-state index >= 15 is 0 Å². The van der Waals surface area contributed by atoms with Crippen molar-refractivity contribution in [3.8, 4) is 0 Å². The molecule has 1 aliphatic heterocycles. The number of carbonyl (C=O) groups is 2. The summed E-state index contributed by atoms with van der Waals surface area (Å²) in [5, 5.41) is 2.68. The monoisotopic (exact) mass is 283 g/mol. The molecule has 1 unspecified atom stereocenters. The van der Waals surface area contributed by atoms with Gasteiger partial charge in [0.2, 0.25) is 11.8 Å². The number of carbonyl (C=O) groups excluding carboxylic acids is 2. The maximum absolute atomic E-state index is 12.3. The molecule has 0 spiro atoms. The fraction of sp³-hybridized carbons (Fsp3) is 0.867. The molecule has 1 saturated heterocycles. The van der Waals surface area contributed by atoms with Gasteiger partial charge in [0.15, 0.2) is 0 Å². The van der Waals surface area contributed by atoms with Gasteiger partial charge in [-0.2, -0.15) is 0 Å². The molecule has 0 saturated carbocycles. The zero-order valence-corrected chi connectivity index (χ0v) is 13.0. The molecule has 1 heterocycles. The summed E-state index contributed by atoms with van der Waals surface area (Å²) in [5.74, 6) is 0.938. The van der Waals surface area contributed by atoms with Gasteiger partial charge in [-0.1, -0.05) is 13.8 Å². The highest BCUT2D eigenvalue weighted by atomic mass is 16.2. The summed E-state index contributed by atoms with van der Waals surface area (Å²) in [7, 11) is 1.65. The Bertz CT molecular complexity index is 331. The Hall–Kier alpha value is -1.10. The molecular weight excluding hydrogens is 254 g/mol. The maximum Gasteiger partial charge on any atom is 0.224 e. The van der Waals surface area contributed by atoms with Gasteiger partial charge in [0.1, 0.15) is 0 Å². The highest BCUT2D eigenvalue weighted by Gasteiger charge is 2.28. The van der Waals surface area contributed by atoms with Crippen LogP contribution in [-0.4, -0.2) is 43.4 Å². The lowest BCUT2D eigenvalue weighted by Crippen LogP contribution is -2.45. The number of hydrogen-bond acceptors (Lipinski definition) is 3. The van der Waals surface area contributed by atoms with E-state index in [1.54, 1.807) is 7.05 Å². The zero-order valence-electron chi connectivity index (χ0n) is 13.0. The molecule has 0 aromatic rings. The Morgan fingerprint density at radius 2 is 2.10 bits per heavy atom. The van der Waals surface area contributed by atoms with Crippen LogP contribution in [-0.2, 0) is 9.59 Å². The molecular formula is C15H29N3O2. The van der Waals surface area contributed by atoms with Crippen LogP contribution in [0.15, 0.2) is 0 Å². The van der Waals surface area contributed by atoms with Crippen molar-refractivity contribution in [3.05, 3.63) is 0 Å². The molecule has 20 heavy (non-hydrogen) atoms. The molecule has 0 aromatic carbocycles. The lowest BCUT2D eigenvalue weighted by molar-refractivity contribution is -0.136. The van der Waals surface area contributed by atoms with Crippen LogP contribution in [0.3, 0.4) is 0 Å². The summed E-state index contributed by atoms with van der Waals surface area (Å²) in [6, 6.07) is 0. The molecule has 1 rings (SSSR count). The predicted octanol–water partition coefficient (Wildman–Crippen LogP) is 0.982. The summed E-state index contributed by atoms with van der Waals surface area (Å²) in [6.07, 6.45) is 3.27. The van der Waals surface area contributed by atoms with Crippen LogP contribution < -0.4 is 11.1 Å². The normalized spacial score (nSPS) is 20.9. The summed E-state index contributed by atoms with van der Waals surface area (Å²) >= 11 is 0. The fourth-order valence-corrected chi connectivity index (χ4v) is 2.93. The minimum Gasteiger partial charge on any atom is -0.359 e. The van der Waals surface area contributed by atoms with Crippen molar-refractivity contribution in [3.63, 3.8) is 0 Å².